The van der Waals surface area contributed by atoms with Gasteiger partial charge in [0.05, 0.1) is 17.9 Å². The van der Waals surface area contributed by atoms with Gasteiger partial charge in [0.2, 0.25) is 0 Å². The molecule has 0 aliphatic carbocycles. The third-order valence-electron chi connectivity index (χ3n) is 4.78. The van der Waals surface area contributed by atoms with Gasteiger partial charge in [0.1, 0.15) is 11.6 Å². The molecule has 2 heterocycles. The fraction of sp³-hybridized carbons (Fsp3) is 0.450. The van der Waals surface area contributed by atoms with Crippen molar-refractivity contribution in [2.24, 2.45) is 19.1 Å². The molecule has 1 aromatic carbocycles. The van der Waals surface area contributed by atoms with Crippen molar-refractivity contribution in [2.45, 2.75) is 39.0 Å². The Morgan fingerprint density at radius 1 is 1.04 bits per heavy atom. The van der Waals surface area contributed by atoms with Crippen LogP contribution in [0.1, 0.15) is 43.7 Å². The highest BCUT2D eigenvalue weighted by molar-refractivity contribution is 6.03. The van der Waals surface area contributed by atoms with Crippen molar-refractivity contribution in [3.63, 3.8) is 0 Å². The van der Waals surface area contributed by atoms with Gasteiger partial charge in [-0.3, -0.25) is 13.9 Å². The van der Waals surface area contributed by atoms with Crippen molar-refractivity contribution < 1.29 is 4.74 Å². The average Bonchev–Trinajstić information content (AvgIpc) is 2.68. The molecule has 0 amide bonds. The second-order valence-corrected chi connectivity index (χ2v) is 6.65. The number of nitrogens with zero attached hydrogens (tertiary/aromatic N) is 3. The highest BCUT2D eigenvalue weighted by Gasteiger charge is 2.21. The average molecular weight is 355 g/mol. The molecule has 0 saturated heterocycles. The van der Waals surface area contributed by atoms with Crippen molar-refractivity contribution in [3.05, 3.63) is 56.2 Å². The molecular formula is C20H25N3O3. The Hall–Kier alpha value is -2.63. The minimum absolute atomic E-state index is 0.248. The predicted octanol–water partition coefficient (Wildman–Crippen LogP) is 2.72. The Kier molecular flexibility index (Phi) is 5.40. The first-order valence-corrected chi connectivity index (χ1v) is 9.12. The summed E-state index contributed by atoms with van der Waals surface area (Å²) in [5.74, 6) is 1.32. The lowest BCUT2D eigenvalue weighted by atomic mass is 9.99. The summed E-state index contributed by atoms with van der Waals surface area (Å²) in [6, 6.07) is 7.86. The molecule has 0 fully saturated rings. The number of aromatic nitrogens is 2. The zero-order chi connectivity index (χ0) is 18.7. The minimum Gasteiger partial charge on any atom is -0.494 e. The lowest BCUT2D eigenvalue weighted by molar-refractivity contribution is 0.306. The maximum Gasteiger partial charge on any atom is 0.332 e. The summed E-state index contributed by atoms with van der Waals surface area (Å²) in [5.41, 5.74) is 1.88. The number of ether oxygens (including phenoxy) is 1. The molecule has 6 nitrogen and oxygen atoms in total. The first-order valence-electron chi connectivity index (χ1n) is 9.12. The molecule has 1 aromatic heterocycles. The molecule has 0 saturated carbocycles. The summed E-state index contributed by atoms with van der Waals surface area (Å²) in [6.07, 6.45) is 4.67. The van der Waals surface area contributed by atoms with E-state index in [0.717, 1.165) is 34.6 Å². The van der Waals surface area contributed by atoms with Gasteiger partial charge < -0.3 is 4.74 Å². The highest BCUT2D eigenvalue weighted by atomic mass is 16.5. The van der Waals surface area contributed by atoms with Gasteiger partial charge in [-0.05, 0) is 49.1 Å². The topological polar surface area (TPSA) is 65.6 Å². The highest BCUT2D eigenvalue weighted by Crippen LogP contribution is 2.24. The van der Waals surface area contributed by atoms with E-state index in [1.807, 2.05) is 24.3 Å². The number of aliphatic imine (C=N–C) groups is 1. The molecule has 26 heavy (non-hydrogen) atoms. The summed E-state index contributed by atoms with van der Waals surface area (Å²) in [5, 5.41) is 0. The minimum atomic E-state index is -0.352. The third-order valence-corrected chi connectivity index (χ3v) is 4.78. The second-order valence-electron chi connectivity index (χ2n) is 6.65. The Balaban J connectivity index is 1.84. The number of unbranched alkanes of at least 4 members (excludes halogenated alkanes) is 2. The van der Waals surface area contributed by atoms with E-state index in [1.165, 1.54) is 24.5 Å². The van der Waals surface area contributed by atoms with Crippen LogP contribution in [-0.2, 0) is 20.5 Å². The van der Waals surface area contributed by atoms with Crippen LogP contribution in [0.4, 0.5) is 5.82 Å². The first-order chi connectivity index (χ1) is 12.5. The van der Waals surface area contributed by atoms with Crippen LogP contribution in [0.15, 0.2) is 38.8 Å². The Labute approximate surface area is 152 Å². The molecule has 1 aliphatic rings. The summed E-state index contributed by atoms with van der Waals surface area (Å²) in [7, 11) is 3.16. The van der Waals surface area contributed by atoms with Gasteiger partial charge in [-0.25, -0.2) is 9.79 Å². The van der Waals surface area contributed by atoms with Gasteiger partial charge in [-0.2, -0.15) is 0 Å². The van der Waals surface area contributed by atoms with Crippen LogP contribution in [0.2, 0.25) is 0 Å². The number of fused-ring (bicyclic) bond motifs is 1. The van der Waals surface area contributed by atoms with Crippen LogP contribution in [0.3, 0.4) is 0 Å². The molecule has 1 aliphatic heterocycles. The van der Waals surface area contributed by atoms with E-state index in [-0.39, 0.29) is 11.2 Å². The molecule has 0 N–H and O–H groups in total. The van der Waals surface area contributed by atoms with E-state index in [1.54, 1.807) is 7.05 Å². The lowest BCUT2D eigenvalue weighted by Crippen LogP contribution is -2.39. The zero-order valence-electron chi connectivity index (χ0n) is 15.6. The van der Waals surface area contributed by atoms with E-state index in [2.05, 4.69) is 11.9 Å². The van der Waals surface area contributed by atoms with Crippen molar-refractivity contribution in [2.75, 3.05) is 6.61 Å². The fourth-order valence-corrected chi connectivity index (χ4v) is 3.19. The Morgan fingerprint density at radius 2 is 1.77 bits per heavy atom. The van der Waals surface area contributed by atoms with E-state index in [9.17, 15) is 9.59 Å². The summed E-state index contributed by atoms with van der Waals surface area (Å²) < 4.78 is 8.33. The molecule has 0 spiro atoms. The number of rotatable bonds is 6. The summed E-state index contributed by atoms with van der Waals surface area (Å²) >= 11 is 0. The van der Waals surface area contributed by atoms with Crippen molar-refractivity contribution in [1.29, 1.82) is 0 Å². The molecule has 138 valence electrons. The van der Waals surface area contributed by atoms with Crippen molar-refractivity contribution in [1.82, 2.24) is 9.13 Å². The van der Waals surface area contributed by atoms with E-state index >= 15 is 0 Å². The fourth-order valence-electron chi connectivity index (χ4n) is 3.19. The number of benzene rings is 1. The quantitative estimate of drug-likeness (QED) is 0.749. The standard InChI is InChI=1S/C20H25N3O3/c1-4-5-6-13-26-15-9-7-14(8-10-15)17-12-11-16-18(21-17)22(2)20(25)23(3)19(16)24/h7-10H,4-6,11-13H2,1-3H3. The lowest BCUT2D eigenvalue weighted by Gasteiger charge is -2.18. The smallest absolute Gasteiger partial charge is 0.332 e. The SMILES string of the molecule is CCCCCOc1ccc(C2=Nc3c(c(=O)n(C)c(=O)n3C)CC2)cc1. The van der Waals surface area contributed by atoms with E-state index in [0.29, 0.717) is 24.2 Å². The van der Waals surface area contributed by atoms with Gasteiger partial charge in [0, 0.05) is 14.1 Å². The predicted molar refractivity (Wildman–Crippen MR) is 103 cm³/mol. The van der Waals surface area contributed by atoms with Gasteiger partial charge in [-0.1, -0.05) is 19.8 Å². The number of hydrogen-bond acceptors (Lipinski definition) is 4. The monoisotopic (exact) mass is 355 g/mol. The number of hydrogen-bond donors (Lipinski definition) is 0. The van der Waals surface area contributed by atoms with Gasteiger partial charge in [-0.15, -0.1) is 0 Å². The van der Waals surface area contributed by atoms with Crippen LogP contribution < -0.4 is 16.0 Å². The first kappa shape index (κ1) is 18.2. The van der Waals surface area contributed by atoms with Crippen LogP contribution in [0.25, 0.3) is 0 Å². The van der Waals surface area contributed by atoms with Crippen molar-refractivity contribution in [3.8, 4) is 5.75 Å². The molecule has 6 heteroatoms. The van der Waals surface area contributed by atoms with E-state index in [4.69, 9.17) is 4.74 Å². The van der Waals surface area contributed by atoms with Crippen LogP contribution in [0.5, 0.6) is 5.75 Å². The molecule has 0 bridgehead atoms. The summed E-state index contributed by atoms with van der Waals surface area (Å²) in [4.78, 5) is 29.0. The second kappa shape index (κ2) is 7.72. The maximum absolute atomic E-state index is 12.3. The van der Waals surface area contributed by atoms with Crippen molar-refractivity contribution >= 4 is 11.5 Å². The molecule has 0 unspecified atom stereocenters. The third kappa shape index (κ3) is 3.49. The Bertz CT molecular complexity index is 936. The molecule has 0 radical (unpaired) electrons. The van der Waals surface area contributed by atoms with E-state index < -0.39 is 0 Å². The molecule has 2 aromatic rings. The molecule has 0 atom stereocenters. The van der Waals surface area contributed by atoms with Gasteiger partial charge in [0.15, 0.2) is 0 Å². The van der Waals surface area contributed by atoms with Crippen LogP contribution >= 0.6 is 0 Å². The van der Waals surface area contributed by atoms with Crippen LogP contribution in [-0.4, -0.2) is 21.5 Å². The largest absolute Gasteiger partial charge is 0.494 e. The normalized spacial score (nSPS) is 13.3. The molecule has 3 rings (SSSR count). The Morgan fingerprint density at radius 3 is 2.46 bits per heavy atom. The maximum atomic E-state index is 12.3. The van der Waals surface area contributed by atoms with Crippen LogP contribution in [0, 0.1) is 0 Å². The molecular weight excluding hydrogens is 330 g/mol. The van der Waals surface area contributed by atoms with Gasteiger partial charge in [0.25, 0.3) is 5.56 Å². The zero-order valence-corrected chi connectivity index (χ0v) is 15.6. The summed E-state index contributed by atoms with van der Waals surface area (Å²) in [6.45, 7) is 2.90. The van der Waals surface area contributed by atoms with Gasteiger partial charge >= 0.3 is 5.69 Å².